The third-order valence-corrected chi connectivity index (χ3v) is 3.03. The Morgan fingerprint density at radius 3 is 3.05 bits per heavy atom. The van der Waals surface area contributed by atoms with E-state index in [1.165, 1.54) is 18.3 Å². The van der Waals surface area contributed by atoms with Crippen molar-refractivity contribution in [2.45, 2.75) is 25.8 Å². The highest BCUT2D eigenvalue weighted by atomic mass is 16.6. The van der Waals surface area contributed by atoms with Crippen LogP contribution >= 0.6 is 0 Å². The number of likely N-dealkylation sites (tertiary alicyclic amines) is 1. The SMILES string of the molecule is CC(CN1CCCC1=O)Nc1ncccc1[N+](=O)[O-]. The summed E-state index contributed by atoms with van der Waals surface area (Å²) < 4.78 is 0. The summed E-state index contributed by atoms with van der Waals surface area (Å²) in [6, 6.07) is 2.84. The molecular weight excluding hydrogens is 248 g/mol. The van der Waals surface area contributed by atoms with Crippen LogP contribution in [0.4, 0.5) is 11.5 Å². The van der Waals surface area contributed by atoms with E-state index in [0.717, 1.165) is 13.0 Å². The first-order chi connectivity index (χ1) is 9.08. The van der Waals surface area contributed by atoms with Crippen LogP contribution in [0.25, 0.3) is 0 Å². The van der Waals surface area contributed by atoms with Crippen LogP contribution in [0.3, 0.4) is 0 Å². The van der Waals surface area contributed by atoms with Crippen molar-refractivity contribution in [3.05, 3.63) is 28.4 Å². The molecular formula is C12H16N4O3. The van der Waals surface area contributed by atoms with Crippen molar-refractivity contribution in [2.24, 2.45) is 0 Å². The standard InChI is InChI=1S/C12H16N4O3/c1-9(8-15-7-3-5-11(15)17)14-12-10(16(18)19)4-2-6-13-12/h2,4,6,9H,3,5,7-8H2,1H3,(H,13,14). The molecule has 102 valence electrons. The maximum absolute atomic E-state index is 11.5. The largest absolute Gasteiger partial charge is 0.360 e. The lowest BCUT2D eigenvalue weighted by atomic mass is 10.3. The smallest absolute Gasteiger partial charge is 0.311 e. The van der Waals surface area contributed by atoms with Crippen LogP contribution in [-0.2, 0) is 4.79 Å². The van der Waals surface area contributed by atoms with Crippen molar-refractivity contribution in [1.82, 2.24) is 9.88 Å². The number of rotatable bonds is 5. The minimum Gasteiger partial charge on any atom is -0.360 e. The molecule has 1 atom stereocenters. The van der Waals surface area contributed by atoms with Crippen molar-refractivity contribution in [1.29, 1.82) is 0 Å². The first-order valence-electron chi connectivity index (χ1n) is 6.21. The molecule has 1 aliphatic heterocycles. The van der Waals surface area contributed by atoms with E-state index in [4.69, 9.17) is 0 Å². The second-order valence-electron chi connectivity index (χ2n) is 4.62. The van der Waals surface area contributed by atoms with Crippen LogP contribution in [0.5, 0.6) is 0 Å². The van der Waals surface area contributed by atoms with Gasteiger partial charge in [-0.1, -0.05) is 0 Å². The molecule has 1 amide bonds. The Bertz CT molecular complexity index is 492. The lowest BCUT2D eigenvalue weighted by Crippen LogP contribution is -2.35. The van der Waals surface area contributed by atoms with Gasteiger partial charge in [0.2, 0.25) is 11.7 Å². The quantitative estimate of drug-likeness (QED) is 0.641. The lowest BCUT2D eigenvalue weighted by molar-refractivity contribution is -0.384. The summed E-state index contributed by atoms with van der Waals surface area (Å²) in [6.07, 6.45) is 2.98. The number of hydrogen-bond donors (Lipinski definition) is 1. The highest BCUT2D eigenvalue weighted by molar-refractivity contribution is 5.78. The second-order valence-corrected chi connectivity index (χ2v) is 4.62. The van der Waals surface area contributed by atoms with Gasteiger partial charge in [-0.05, 0) is 19.4 Å². The zero-order valence-corrected chi connectivity index (χ0v) is 10.7. The number of nitro groups is 1. The molecule has 1 unspecified atom stereocenters. The highest BCUT2D eigenvalue weighted by Crippen LogP contribution is 2.21. The van der Waals surface area contributed by atoms with Crippen LogP contribution in [0, 0.1) is 10.1 Å². The number of amides is 1. The highest BCUT2D eigenvalue weighted by Gasteiger charge is 2.23. The Balaban J connectivity index is 2.00. The van der Waals surface area contributed by atoms with Crippen molar-refractivity contribution in [2.75, 3.05) is 18.4 Å². The van der Waals surface area contributed by atoms with Crippen LogP contribution < -0.4 is 5.32 Å². The molecule has 1 aromatic rings. The van der Waals surface area contributed by atoms with Gasteiger partial charge in [0.1, 0.15) is 0 Å². The Hall–Kier alpha value is -2.18. The zero-order valence-electron chi connectivity index (χ0n) is 10.7. The van der Waals surface area contributed by atoms with E-state index in [1.807, 2.05) is 6.92 Å². The summed E-state index contributed by atoms with van der Waals surface area (Å²) >= 11 is 0. The number of hydrogen-bond acceptors (Lipinski definition) is 5. The Morgan fingerprint density at radius 2 is 2.42 bits per heavy atom. The fourth-order valence-electron chi connectivity index (χ4n) is 2.16. The normalized spacial score (nSPS) is 16.5. The van der Waals surface area contributed by atoms with Crippen LogP contribution in [0.1, 0.15) is 19.8 Å². The molecule has 1 N–H and O–H groups in total. The van der Waals surface area contributed by atoms with Gasteiger partial charge in [-0.25, -0.2) is 4.98 Å². The van der Waals surface area contributed by atoms with E-state index in [9.17, 15) is 14.9 Å². The Morgan fingerprint density at radius 1 is 1.63 bits per heavy atom. The van der Waals surface area contributed by atoms with E-state index in [1.54, 1.807) is 4.90 Å². The van der Waals surface area contributed by atoms with Crippen molar-refractivity contribution in [3.8, 4) is 0 Å². The maximum atomic E-state index is 11.5. The number of carbonyl (C=O) groups excluding carboxylic acids is 1. The number of anilines is 1. The second kappa shape index (κ2) is 5.64. The predicted molar refractivity (Wildman–Crippen MR) is 69.8 cm³/mol. The first kappa shape index (κ1) is 13.3. The third kappa shape index (κ3) is 3.18. The van der Waals surface area contributed by atoms with Crippen LogP contribution in [0.2, 0.25) is 0 Å². The molecule has 19 heavy (non-hydrogen) atoms. The molecule has 1 aliphatic rings. The van der Waals surface area contributed by atoms with Gasteiger partial charge >= 0.3 is 5.69 Å². The molecule has 0 bridgehead atoms. The van der Waals surface area contributed by atoms with Gasteiger partial charge < -0.3 is 10.2 Å². The molecule has 7 heteroatoms. The molecule has 2 rings (SSSR count). The summed E-state index contributed by atoms with van der Waals surface area (Å²) in [5.41, 5.74) is -0.0536. The summed E-state index contributed by atoms with van der Waals surface area (Å²) in [5.74, 6) is 0.385. The Labute approximate surface area is 110 Å². The molecule has 0 saturated carbocycles. The molecule has 0 aliphatic carbocycles. The minimum atomic E-state index is -0.469. The number of carbonyl (C=O) groups is 1. The summed E-state index contributed by atoms with van der Waals surface area (Å²) in [7, 11) is 0. The summed E-state index contributed by atoms with van der Waals surface area (Å²) in [5, 5.41) is 13.9. The average molecular weight is 264 g/mol. The van der Waals surface area contributed by atoms with Gasteiger partial charge in [0, 0.05) is 37.8 Å². The monoisotopic (exact) mass is 264 g/mol. The number of nitrogens with one attached hydrogen (secondary N) is 1. The van der Waals surface area contributed by atoms with Gasteiger partial charge in [0.15, 0.2) is 0 Å². The van der Waals surface area contributed by atoms with E-state index < -0.39 is 4.92 Å². The predicted octanol–water partition coefficient (Wildman–Crippen LogP) is 1.41. The number of aromatic nitrogens is 1. The van der Waals surface area contributed by atoms with E-state index in [2.05, 4.69) is 10.3 Å². The number of pyridine rings is 1. The zero-order chi connectivity index (χ0) is 13.8. The number of nitrogens with zero attached hydrogens (tertiary/aromatic N) is 3. The molecule has 1 saturated heterocycles. The summed E-state index contributed by atoms with van der Waals surface area (Å²) in [4.78, 5) is 27.7. The molecule has 0 spiro atoms. The molecule has 7 nitrogen and oxygen atoms in total. The van der Waals surface area contributed by atoms with Crippen LogP contribution in [-0.4, -0.2) is 39.8 Å². The van der Waals surface area contributed by atoms with E-state index in [0.29, 0.717) is 13.0 Å². The minimum absolute atomic E-state index is 0.0536. The topological polar surface area (TPSA) is 88.4 Å². The maximum Gasteiger partial charge on any atom is 0.311 e. The van der Waals surface area contributed by atoms with Gasteiger partial charge in [-0.15, -0.1) is 0 Å². The fourth-order valence-corrected chi connectivity index (χ4v) is 2.16. The lowest BCUT2D eigenvalue weighted by Gasteiger charge is -2.21. The van der Waals surface area contributed by atoms with Crippen molar-refractivity contribution >= 4 is 17.4 Å². The van der Waals surface area contributed by atoms with Crippen molar-refractivity contribution < 1.29 is 9.72 Å². The van der Waals surface area contributed by atoms with E-state index >= 15 is 0 Å². The van der Waals surface area contributed by atoms with Gasteiger partial charge in [-0.3, -0.25) is 14.9 Å². The molecule has 1 aromatic heterocycles. The van der Waals surface area contributed by atoms with Crippen molar-refractivity contribution in [3.63, 3.8) is 0 Å². The molecule has 2 heterocycles. The first-order valence-corrected chi connectivity index (χ1v) is 6.21. The fraction of sp³-hybridized carbons (Fsp3) is 0.500. The Kier molecular flexibility index (Phi) is 3.94. The third-order valence-electron chi connectivity index (χ3n) is 3.03. The van der Waals surface area contributed by atoms with Gasteiger partial charge in [0.05, 0.1) is 4.92 Å². The molecule has 1 fully saturated rings. The van der Waals surface area contributed by atoms with Gasteiger partial charge in [-0.2, -0.15) is 0 Å². The van der Waals surface area contributed by atoms with E-state index in [-0.39, 0.29) is 23.5 Å². The van der Waals surface area contributed by atoms with Gasteiger partial charge in [0.25, 0.3) is 0 Å². The molecule has 0 aromatic carbocycles. The van der Waals surface area contributed by atoms with Crippen LogP contribution in [0.15, 0.2) is 18.3 Å². The average Bonchev–Trinajstić information content (AvgIpc) is 2.75. The summed E-state index contributed by atoms with van der Waals surface area (Å²) in [6.45, 7) is 3.17. The molecule has 0 radical (unpaired) electrons.